The van der Waals surface area contributed by atoms with E-state index < -0.39 is 0 Å². The van der Waals surface area contributed by atoms with Gasteiger partial charge in [-0.2, -0.15) is 4.98 Å². The zero-order valence-electron chi connectivity index (χ0n) is 12.3. The maximum absolute atomic E-state index is 12.2. The minimum absolute atomic E-state index is 0.0108. The Labute approximate surface area is 124 Å². The second-order valence-electron chi connectivity index (χ2n) is 5.77. The normalized spacial score (nSPS) is 22.0. The van der Waals surface area contributed by atoms with Crippen molar-refractivity contribution in [1.82, 2.24) is 14.9 Å². The first-order valence-corrected chi connectivity index (χ1v) is 7.55. The lowest BCUT2D eigenvalue weighted by Crippen LogP contribution is -2.44. The van der Waals surface area contributed by atoms with Crippen molar-refractivity contribution in [3.8, 4) is 11.8 Å². The second kappa shape index (κ2) is 6.28. The van der Waals surface area contributed by atoms with Crippen molar-refractivity contribution >= 4 is 5.91 Å². The number of hydrogen-bond donors (Lipinski definition) is 0. The van der Waals surface area contributed by atoms with Gasteiger partial charge in [-0.1, -0.05) is 0 Å². The number of hydrogen-bond acceptors (Lipinski definition) is 5. The van der Waals surface area contributed by atoms with E-state index in [1.807, 2.05) is 4.90 Å². The monoisotopic (exact) mass is 291 g/mol. The van der Waals surface area contributed by atoms with Gasteiger partial charge in [0.15, 0.2) is 0 Å². The van der Waals surface area contributed by atoms with Gasteiger partial charge in [-0.05, 0) is 31.6 Å². The molecule has 2 fully saturated rings. The third-order valence-corrected chi connectivity index (χ3v) is 3.98. The van der Waals surface area contributed by atoms with Crippen LogP contribution in [0.25, 0.3) is 0 Å². The Kier molecular flexibility index (Phi) is 4.22. The van der Waals surface area contributed by atoms with Crippen LogP contribution >= 0.6 is 0 Å². The molecule has 1 amide bonds. The summed E-state index contributed by atoms with van der Waals surface area (Å²) in [7, 11) is 1.55. The molecule has 0 radical (unpaired) electrons. The maximum Gasteiger partial charge on any atom is 0.235 e. The van der Waals surface area contributed by atoms with E-state index in [9.17, 15) is 4.79 Å². The summed E-state index contributed by atoms with van der Waals surface area (Å²) in [6, 6.07) is 0. The highest BCUT2D eigenvalue weighted by Gasteiger charge is 2.30. The van der Waals surface area contributed by atoms with Crippen LogP contribution in [0.15, 0.2) is 12.4 Å². The van der Waals surface area contributed by atoms with Crippen molar-refractivity contribution in [2.75, 3.05) is 20.2 Å². The van der Waals surface area contributed by atoms with Gasteiger partial charge in [0.05, 0.1) is 26.0 Å². The van der Waals surface area contributed by atoms with Crippen LogP contribution in [0.1, 0.15) is 32.1 Å². The number of likely N-dealkylation sites (tertiary alicyclic amines) is 1. The van der Waals surface area contributed by atoms with Crippen molar-refractivity contribution in [3.05, 3.63) is 12.4 Å². The molecule has 0 bridgehead atoms. The topological polar surface area (TPSA) is 64.6 Å². The smallest absolute Gasteiger partial charge is 0.235 e. The molecule has 3 rings (SSSR count). The fourth-order valence-electron chi connectivity index (χ4n) is 2.62. The van der Waals surface area contributed by atoms with E-state index in [-0.39, 0.29) is 12.0 Å². The quantitative estimate of drug-likeness (QED) is 0.825. The van der Waals surface area contributed by atoms with Crippen LogP contribution in [0.4, 0.5) is 0 Å². The number of amides is 1. The second-order valence-corrected chi connectivity index (χ2v) is 5.77. The largest absolute Gasteiger partial charge is 0.480 e. The highest BCUT2D eigenvalue weighted by molar-refractivity contribution is 5.76. The van der Waals surface area contributed by atoms with Gasteiger partial charge >= 0.3 is 0 Å². The number of methoxy groups -OCH3 is 1. The Morgan fingerprint density at radius 2 is 2.14 bits per heavy atom. The van der Waals surface area contributed by atoms with Crippen LogP contribution in [0.5, 0.6) is 11.8 Å². The highest BCUT2D eigenvalue weighted by Crippen LogP contribution is 2.33. The van der Waals surface area contributed by atoms with Gasteiger partial charge in [-0.15, -0.1) is 0 Å². The zero-order chi connectivity index (χ0) is 14.7. The first kappa shape index (κ1) is 14.1. The lowest BCUT2D eigenvalue weighted by Gasteiger charge is -2.32. The predicted octanol–water partition coefficient (Wildman–Crippen LogP) is 1.66. The lowest BCUT2D eigenvalue weighted by atomic mass is 10.1. The first-order valence-electron chi connectivity index (χ1n) is 7.55. The van der Waals surface area contributed by atoms with Crippen LogP contribution in [-0.2, 0) is 4.79 Å². The molecule has 2 aliphatic rings. The third-order valence-electron chi connectivity index (χ3n) is 3.98. The van der Waals surface area contributed by atoms with Gasteiger partial charge in [-0.25, -0.2) is 0 Å². The molecule has 21 heavy (non-hydrogen) atoms. The fourth-order valence-corrected chi connectivity index (χ4v) is 2.62. The van der Waals surface area contributed by atoms with Gasteiger partial charge in [0.2, 0.25) is 17.7 Å². The summed E-state index contributed by atoms with van der Waals surface area (Å²) in [5.41, 5.74) is 0. The van der Waals surface area contributed by atoms with Crippen molar-refractivity contribution in [1.29, 1.82) is 0 Å². The van der Waals surface area contributed by atoms with Crippen molar-refractivity contribution in [3.63, 3.8) is 0 Å². The summed E-state index contributed by atoms with van der Waals surface area (Å²) in [4.78, 5) is 22.3. The minimum Gasteiger partial charge on any atom is -0.480 e. The number of ether oxygens (including phenoxy) is 2. The third kappa shape index (κ3) is 3.83. The predicted molar refractivity (Wildman–Crippen MR) is 76.2 cm³/mol. The molecule has 1 atom stereocenters. The molecule has 1 aromatic rings. The van der Waals surface area contributed by atoms with Crippen molar-refractivity contribution in [2.45, 2.75) is 38.2 Å². The van der Waals surface area contributed by atoms with Gasteiger partial charge in [0, 0.05) is 13.0 Å². The van der Waals surface area contributed by atoms with Crippen LogP contribution < -0.4 is 9.47 Å². The van der Waals surface area contributed by atoms with Gasteiger partial charge in [-0.3, -0.25) is 9.78 Å². The number of nitrogens with zero attached hydrogens (tertiary/aromatic N) is 3. The average molecular weight is 291 g/mol. The van der Waals surface area contributed by atoms with E-state index in [0.29, 0.717) is 30.6 Å². The molecule has 0 spiro atoms. The van der Waals surface area contributed by atoms with E-state index in [0.717, 1.165) is 19.4 Å². The summed E-state index contributed by atoms with van der Waals surface area (Å²) in [6.07, 6.45) is 8.13. The Morgan fingerprint density at radius 3 is 2.90 bits per heavy atom. The molecule has 1 aromatic heterocycles. The lowest BCUT2D eigenvalue weighted by molar-refractivity contribution is -0.134. The summed E-state index contributed by atoms with van der Waals surface area (Å²) in [5.74, 6) is 1.78. The van der Waals surface area contributed by atoms with Crippen LogP contribution in [0, 0.1) is 5.92 Å². The average Bonchev–Trinajstić information content (AvgIpc) is 3.31. The summed E-state index contributed by atoms with van der Waals surface area (Å²) in [5, 5.41) is 0. The summed E-state index contributed by atoms with van der Waals surface area (Å²) in [6.45, 7) is 1.49. The molecule has 0 N–H and O–H groups in total. The van der Waals surface area contributed by atoms with Gasteiger partial charge in [0.1, 0.15) is 6.10 Å². The fraction of sp³-hybridized carbons (Fsp3) is 0.667. The molecule has 114 valence electrons. The number of aromatic nitrogens is 2. The minimum atomic E-state index is -0.0108. The van der Waals surface area contributed by atoms with Crippen molar-refractivity contribution < 1.29 is 14.3 Å². The number of carbonyl (C=O) groups excluding carboxylic acids is 1. The zero-order valence-corrected chi connectivity index (χ0v) is 12.3. The molecule has 0 aromatic carbocycles. The molecule has 1 unspecified atom stereocenters. The van der Waals surface area contributed by atoms with E-state index >= 15 is 0 Å². The van der Waals surface area contributed by atoms with Crippen molar-refractivity contribution in [2.24, 2.45) is 5.92 Å². The van der Waals surface area contributed by atoms with Crippen LogP contribution in [0.2, 0.25) is 0 Å². The Bertz CT molecular complexity index is 505. The molecule has 1 aliphatic carbocycles. The van der Waals surface area contributed by atoms with Gasteiger partial charge in [0.25, 0.3) is 0 Å². The number of carbonyl (C=O) groups is 1. The van der Waals surface area contributed by atoms with E-state index in [2.05, 4.69) is 9.97 Å². The molecule has 6 nitrogen and oxygen atoms in total. The van der Waals surface area contributed by atoms with Crippen LogP contribution in [-0.4, -0.2) is 47.1 Å². The van der Waals surface area contributed by atoms with E-state index in [1.54, 1.807) is 19.5 Å². The molecule has 1 saturated carbocycles. The van der Waals surface area contributed by atoms with E-state index in [1.165, 1.54) is 12.8 Å². The Hall–Kier alpha value is -1.85. The Morgan fingerprint density at radius 1 is 1.33 bits per heavy atom. The maximum atomic E-state index is 12.2. The highest BCUT2D eigenvalue weighted by atomic mass is 16.5. The standard InChI is InChI=1S/C15H21N3O3/c1-20-13-8-16-9-14(17-13)21-12-3-2-6-18(10-12)15(19)7-11-4-5-11/h8-9,11-12H,2-7,10H2,1H3. The van der Waals surface area contributed by atoms with E-state index in [4.69, 9.17) is 9.47 Å². The molecule has 6 heteroatoms. The SMILES string of the molecule is COc1cncc(OC2CCCN(C(=O)CC3CC3)C2)n1. The molecule has 1 aliphatic heterocycles. The molecular formula is C15H21N3O3. The number of rotatable bonds is 5. The molecule has 1 saturated heterocycles. The molecule has 2 heterocycles. The van der Waals surface area contributed by atoms with Crippen LogP contribution in [0.3, 0.4) is 0 Å². The van der Waals surface area contributed by atoms with Gasteiger partial charge < -0.3 is 14.4 Å². The Balaban J connectivity index is 1.56. The summed E-state index contributed by atoms with van der Waals surface area (Å²) < 4.78 is 10.9. The summed E-state index contributed by atoms with van der Waals surface area (Å²) >= 11 is 0. The molecular weight excluding hydrogens is 270 g/mol. The number of piperidine rings is 1. The first-order chi connectivity index (χ1) is 10.2.